The number of benzene rings is 2. The van der Waals surface area contributed by atoms with Crippen molar-refractivity contribution in [1.82, 2.24) is 0 Å². The van der Waals surface area contributed by atoms with Crippen LogP contribution < -0.4 is 7.16 Å². The molecular weight excluding hydrogens is 299 g/mol. The van der Waals surface area contributed by atoms with Gasteiger partial charge in [0.15, 0.2) is 0 Å². The Labute approximate surface area is 105 Å². The van der Waals surface area contributed by atoms with Crippen LogP contribution in [-0.2, 0) is 0 Å². The summed E-state index contributed by atoms with van der Waals surface area (Å²) in [7, 11) is 0. The molecule has 0 heterocycles. The van der Waals surface area contributed by atoms with Crippen LogP contribution in [0.1, 0.15) is 13.8 Å². The number of hydrogen-bond acceptors (Lipinski definition) is 0. The van der Waals surface area contributed by atoms with Gasteiger partial charge in [-0.2, -0.15) is 0 Å². The molecule has 0 amide bonds. The second-order valence-corrected chi connectivity index (χ2v) is 13.3. The van der Waals surface area contributed by atoms with E-state index in [1.54, 1.807) is 7.16 Å². The van der Waals surface area contributed by atoms with E-state index in [2.05, 4.69) is 74.5 Å². The Bertz CT molecular complexity index is 380. The summed E-state index contributed by atoms with van der Waals surface area (Å²) in [5, 5.41) is 0. The molecule has 0 spiro atoms. The summed E-state index contributed by atoms with van der Waals surface area (Å²) in [6, 6.07) is 22.1. The van der Waals surface area contributed by atoms with E-state index in [1.165, 1.54) is 0 Å². The second kappa shape index (κ2) is 5.53. The van der Waals surface area contributed by atoms with E-state index in [4.69, 9.17) is 0 Å². The van der Waals surface area contributed by atoms with E-state index in [0.29, 0.717) is 0 Å². The first-order valence-corrected chi connectivity index (χ1v) is 10.3. The monoisotopic (exact) mass is 317 g/mol. The third kappa shape index (κ3) is 2.67. The predicted octanol–water partition coefficient (Wildman–Crippen LogP) is 2.71. The van der Waals surface area contributed by atoms with E-state index in [0.717, 1.165) is 3.93 Å². The van der Waals surface area contributed by atoms with Crippen LogP contribution in [0.5, 0.6) is 0 Å². The molecule has 0 nitrogen and oxygen atoms in total. The van der Waals surface area contributed by atoms with Gasteiger partial charge in [0, 0.05) is 0 Å². The van der Waals surface area contributed by atoms with Gasteiger partial charge < -0.3 is 0 Å². The molecule has 0 unspecified atom stereocenters. The van der Waals surface area contributed by atoms with E-state index < -0.39 is 19.8 Å². The fourth-order valence-electron chi connectivity index (χ4n) is 2.07. The van der Waals surface area contributed by atoms with Gasteiger partial charge in [0.25, 0.3) is 0 Å². The SMILES string of the molecule is C[CH](C)[Sn]([c]1ccccc1)[c]1ccccc1. The first kappa shape index (κ1) is 11.7. The van der Waals surface area contributed by atoms with E-state index in [-0.39, 0.29) is 0 Å². The van der Waals surface area contributed by atoms with E-state index in [9.17, 15) is 0 Å². The van der Waals surface area contributed by atoms with Gasteiger partial charge in [0.1, 0.15) is 0 Å². The van der Waals surface area contributed by atoms with Crippen LogP contribution in [0.15, 0.2) is 60.7 Å². The zero-order chi connectivity index (χ0) is 11.4. The predicted molar refractivity (Wildman–Crippen MR) is 73.0 cm³/mol. The summed E-state index contributed by atoms with van der Waals surface area (Å²) in [5.74, 6) is 0. The molecule has 16 heavy (non-hydrogen) atoms. The molecule has 1 heteroatoms. The topological polar surface area (TPSA) is 0 Å². The molecular formula is C15H17Sn. The van der Waals surface area contributed by atoms with Crippen molar-refractivity contribution < 1.29 is 0 Å². The molecule has 0 atom stereocenters. The molecule has 0 aliphatic heterocycles. The van der Waals surface area contributed by atoms with Crippen molar-refractivity contribution in [2.75, 3.05) is 0 Å². The van der Waals surface area contributed by atoms with Crippen LogP contribution in [0.25, 0.3) is 0 Å². The van der Waals surface area contributed by atoms with Crippen molar-refractivity contribution >= 4 is 26.9 Å². The van der Waals surface area contributed by atoms with Gasteiger partial charge in [-0.25, -0.2) is 0 Å². The minimum atomic E-state index is -1.66. The first-order valence-electron chi connectivity index (χ1n) is 5.76. The standard InChI is InChI=1S/2C6H5.C3H7.Sn/c2*1-2-4-6-5-3-1;1-3-2;/h2*1-5H;3H,1-2H3;. The maximum atomic E-state index is 2.37. The van der Waals surface area contributed by atoms with Crippen molar-refractivity contribution in [3.05, 3.63) is 60.7 Å². The van der Waals surface area contributed by atoms with Crippen LogP contribution in [0, 0.1) is 0 Å². The van der Waals surface area contributed by atoms with Gasteiger partial charge in [0.05, 0.1) is 0 Å². The summed E-state index contributed by atoms with van der Waals surface area (Å²) >= 11 is -1.66. The van der Waals surface area contributed by atoms with Gasteiger partial charge in [-0.1, -0.05) is 0 Å². The van der Waals surface area contributed by atoms with Crippen LogP contribution in [0.4, 0.5) is 0 Å². The molecule has 81 valence electrons. The second-order valence-electron chi connectivity index (χ2n) is 4.30. The van der Waals surface area contributed by atoms with Gasteiger partial charge in [-0.05, 0) is 0 Å². The average Bonchev–Trinajstić information content (AvgIpc) is 2.31. The Morgan fingerprint density at radius 3 is 1.38 bits per heavy atom. The molecule has 0 N–H and O–H groups in total. The van der Waals surface area contributed by atoms with Crippen LogP contribution >= 0.6 is 0 Å². The summed E-state index contributed by atoms with van der Waals surface area (Å²) in [6.07, 6.45) is 0. The third-order valence-electron chi connectivity index (χ3n) is 2.75. The fourth-order valence-corrected chi connectivity index (χ4v) is 9.97. The van der Waals surface area contributed by atoms with Gasteiger partial charge in [-0.15, -0.1) is 0 Å². The number of rotatable bonds is 3. The summed E-state index contributed by atoms with van der Waals surface area (Å²) < 4.78 is 4.02. The van der Waals surface area contributed by atoms with Crippen LogP contribution in [-0.4, -0.2) is 19.8 Å². The zero-order valence-corrected chi connectivity index (χ0v) is 12.7. The molecule has 2 aromatic carbocycles. The number of hydrogen-bond donors (Lipinski definition) is 0. The molecule has 2 rings (SSSR count). The molecule has 0 aliphatic carbocycles. The Balaban J connectivity index is 2.40. The van der Waals surface area contributed by atoms with E-state index >= 15 is 0 Å². The summed E-state index contributed by atoms with van der Waals surface area (Å²) in [5.41, 5.74) is 0. The van der Waals surface area contributed by atoms with Crippen molar-refractivity contribution in [2.24, 2.45) is 0 Å². The molecule has 0 aromatic heterocycles. The average molecular weight is 316 g/mol. The Hall–Kier alpha value is -0.761. The van der Waals surface area contributed by atoms with E-state index in [1.807, 2.05) is 0 Å². The van der Waals surface area contributed by atoms with Crippen LogP contribution in [0.3, 0.4) is 0 Å². The molecule has 2 aromatic rings. The quantitative estimate of drug-likeness (QED) is 0.764. The maximum absolute atomic E-state index is 2.37. The zero-order valence-electron chi connectivity index (χ0n) is 9.85. The van der Waals surface area contributed by atoms with Gasteiger partial charge >= 0.3 is 105 Å². The molecule has 0 aliphatic rings. The molecule has 0 fully saturated rings. The Kier molecular flexibility index (Phi) is 4.05. The van der Waals surface area contributed by atoms with Crippen molar-refractivity contribution in [3.63, 3.8) is 0 Å². The fraction of sp³-hybridized carbons (Fsp3) is 0.200. The molecule has 0 bridgehead atoms. The molecule has 0 saturated heterocycles. The Morgan fingerprint density at radius 2 is 1.06 bits per heavy atom. The Morgan fingerprint density at radius 1 is 0.688 bits per heavy atom. The minimum absolute atomic E-state index is 0.812. The summed E-state index contributed by atoms with van der Waals surface area (Å²) in [6.45, 7) is 4.74. The van der Waals surface area contributed by atoms with Crippen molar-refractivity contribution in [3.8, 4) is 0 Å². The first-order chi connectivity index (χ1) is 7.79. The van der Waals surface area contributed by atoms with Gasteiger partial charge in [-0.3, -0.25) is 0 Å². The van der Waals surface area contributed by atoms with Crippen LogP contribution in [0.2, 0.25) is 3.93 Å². The normalized spacial score (nSPS) is 11.0. The molecule has 1 radical (unpaired) electrons. The van der Waals surface area contributed by atoms with Crippen molar-refractivity contribution in [2.45, 2.75) is 17.8 Å². The van der Waals surface area contributed by atoms with Crippen molar-refractivity contribution in [1.29, 1.82) is 0 Å². The molecule has 0 saturated carbocycles. The third-order valence-corrected chi connectivity index (χ3v) is 11.5. The van der Waals surface area contributed by atoms with Gasteiger partial charge in [0.2, 0.25) is 0 Å². The summed E-state index contributed by atoms with van der Waals surface area (Å²) in [4.78, 5) is 0.